The Bertz CT molecular complexity index is 1740. The molecule has 1 aromatic heterocycles. The molecule has 7 N–H and O–H groups in total. The highest BCUT2D eigenvalue weighted by atomic mass is 16.5. The van der Waals surface area contributed by atoms with E-state index in [4.69, 9.17) is 19.4 Å². The lowest BCUT2D eigenvalue weighted by atomic mass is 9.85. The molecule has 0 bridgehead atoms. The van der Waals surface area contributed by atoms with Gasteiger partial charge in [0.2, 0.25) is 5.43 Å². The highest BCUT2D eigenvalue weighted by Crippen LogP contribution is 2.36. The summed E-state index contributed by atoms with van der Waals surface area (Å²) in [6.45, 7) is -1.13. The Labute approximate surface area is 232 Å². The number of nitrogens with one attached hydrogen (secondary N) is 1. The number of phenolic OH excluding ortho intramolecular Hbond substituents is 2. The molecule has 16 nitrogen and oxygen atoms in total. The lowest BCUT2D eigenvalue weighted by Gasteiger charge is -2.21. The molecular weight excluding hydrogens is 564 g/mol. The number of carbonyl (C=O) groups excluding carboxylic acids is 3. The van der Waals surface area contributed by atoms with Gasteiger partial charge in [-0.05, 0) is 12.5 Å². The van der Waals surface area contributed by atoms with E-state index in [1.807, 2.05) is 5.32 Å². The Hall–Kier alpha value is -5.93. The van der Waals surface area contributed by atoms with Crippen LogP contribution in [-0.2, 0) is 23.9 Å². The Morgan fingerprint density at radius 2 is 1.79 bits per heavy atom. The van der Waals surface area contributed by atoms with Gasteiger partial charge in [0.25, 0.3) is 5.91 Å². The van der Waals surface area contributed by atoms with Gasteiger partial charge in [-0.2, -0.15) is 0 Å². The molecule has 0 saturated heterocycles. The summed E-state index contributed by atoms with van der Waals surface area (Å²) in [4.78, 5) is 77.8. The number of aliphatic hydroxyl groups is 2. The first-order valence-corrected chi connectivity index (χ1v) is 11.9. The predicted octanol–water partition coefficient (Wildman–Crippen LogP) is 0.673. The Morgan fingerprint density at radius 1 is 1.07 bits per heavy atom. The maximum atomic E-state index is 13.5. The lowest BCUT2D eigenvalue weighted by Crippen LogP contribution is -2.43. The first kappa shape index (κ1) is 29.1. The summed E-state index contributed by atoms with van der Waals surface area (Å²) >= 11 is 0. The number of aliphatic hydroxyl groups excluding tert-OH is 2. The zero-order valence-corrected chi connectivity index (χ0v) is 21.1. The molecule has 4 rings (SSSR count). The first-order chi connectivity index (χ1) is 19.8. The quantitative estimate of drug-likeness (QED) is 0.158. The van der Waals surface area contributed by atoms with E-state index in [1.165, 1.54) is 0 Å². The molecule has 42 heavy (non-hydrogen) atoms. The second-order valence-electron chi connectivity index (χ2n) is 8.96. The van der Waals surface area contributed by atoms with E-state index in [2.05, 4.69) is 4.99 Å². The zero-order valence-electron chi connectivity index (χ0n) is 21.1. The molecule has 1 aliphatic heterocycles. The molecule has 0 saturated carbocycles. The van der Waals surface area contributed by atoms with Gasteiger partial charge in [-0.1, -0.05) is 0 Å². The summed E-state index contributed by atoms with van der Waals surface area (Å²) in [5, 5.41) is 59.2. The van der Waals surface area contributed by atoms with Crippen molar-refractivity contribution in [1.82, 2.24) is 5.32 Å². The molecule has 1 unspecified atom stereocenters. The van der Waals surface area contributed by atoms with Crippen molar-refractivity contribution >= 4 is 51.9 Å². The molecule has 1 aromatic carbocycles. The highest BCUT2D eigenvalue weighted by Gasteiger charge is 2.34. The van der Waals surface area contributed by atoms with Crippen LogP contribution in [0.25, 0.3) is 16.5 Å². The minimum atomic E-state index is -1.62. The van der Waals surface area contributed by atoms with Gasteiger partial charge in [-0.25, -0.2) is 9.59 Å². The van der Waals surface area contributed by atoms with Gasteiger partial charge in [-0.3, -0.25) is 24.2 Å². The van der Waals surface area contributed by atoms with Crippen molar-refractivity contribution in [3.8, 4) is 11.5 Å². The molecule has 2 aliphatic rings. The maximum Gasteiger partial charge on any atom is 0.343 e. The summed E-state index contributed by atoms with van der Waals surface area (Å²) in [6, 6.07) is -0.816. The number of ketones is 1. The summed E-state index contributed by atoms with van der Waals surface area (Å²) in [5.41, 5.74) is -3.09. The van der Waals surface area contributed by atoms with Gasteiger partial charge < -0.3 is 45.1 Å². The number of hydrogen-bond donors (Lipinski definition) is 7. The van der Waals surface area contributed by atoms with E-state index in [0.717, 1.165) is 30.7 Å². The van der Waals surface area contributed by atoms with Gasteiger partial charge in [0, 0.05) is 24.8 Å². The molecule has 0 radical (unpaired) electrons. The first-order valence-electron chi connectivity index (χ1n) is 11.9. The molecule has 0 spiro atoms. The molecule has 2 aromatic rings. The molecule has 2 atom stereocenters. The third kappa shape index (κ3) is 5.53. The van der Waals surface area contributed by atoms with Gasteiger partial charge in [0.05, 0.1) is 28.2 Å². The topological polar surface area (TPSA) is 271 Å². The number of rotatable bonds is 9. The number of amides is 1. The summed E-state index contributed by atoms with van der Waals surface area (Å²) in [5.74, 6) is -10.6. The molecule has 16 heteroatoms. The molecule has 1 amide bonds. The third-order valence-corrected chi connectivity index (χ3v) is 6.21. The lowest BCUT2D eigenvalue weighted by molar-refractivity contribution is -0.143. The van der Waals surface area contributed by atoms with Crippen LogP contribution in [0.4, 0.5) is 0 Å². The summed E-state index contributed by atoms with van der Waals surface area (Å²) in [7, 11) is 0. The van der Waals surface area contributed by atoms with Crippen molar-refractivity contribution in [1.29, 1.82) is 0 Å². The van der Waals surface area contributed by atoms with Crippen LogP contribution in [0, 0.1) is 5.92 Å². The minimum absolute atomic E-state index is 0.0717. The highest BCUT2D eigenvalue weighted by molar-refractivity contribution is 6.32. The van der Waals surface area contributed by atoms with E-state index in [1.54, 1.807) is 0 Å². The molecule has 0 fully saturated rings. The van der Waals surface area contributed by atoms with Crippen molar-refractivity contribution in [3.05, 3.63) is 63.6 Å². The second-order valence-corrected chi connectivity index (χ2v) is 8.96. The number of aliphatic imine (C=N–C) groups is 1. The van der Waals surface area contributed by atoms with Crippen molar-refractivity contribution in [2.24, 2.45) is 10.9 Å². The summed E-state index contributed by atoms with van der Waals surface area (Å²) in [6.07, 6.45) is 2.86. The van der Waals surface area contributed by atoms with Gasteiger partial charge in [0.15, 0.2) is 35.4 Å². The SMILES string of the molecule is O=C(O)CC[C@H](NC(=O)COC(=O)c1c(O)c(O)cc2occ(C3=CN=C4C=C(O)C(O)=CC4C3=O)c(=O)c12)C(=O)O. The maximum absolute atomic E-state index is 13.5. The van der Waals surface area contributed by atoms with Crippen molar-refractivity contribution in [3.63, 3.8) is 0 Å². The van der Waals surface area contributed by atoms with E-state index in [0.29, 0.717) is 0 Å². The van der Waals surface area contributed by atoms with Crippen LogP contribution in [0.15, 0.2) is 56.4 Å². The normalized spacial score (nSPS) is 16.8. The monoisotopic (exact) mass is 584 g/mol. The number of carboxylic acid groups (broad SMARTS) is 2. The smallest absolute Gasteiger partial charge is 0.343 e. The number of carboxylic acids is 2. The molecule has 2 heterocycles. The Morgan fingerprint density at radius 3 is 2.45 bits per heavy atom. The number of ether oxygens (including phenoxy) is 1. The zero-order chi connectivity index (χ0) is 30.9. The van der Waals surface area contributed by atoms with Crippen LogP contribution in [0.2, 0.25) is 0 Å². The number of Topliss-reactive ketones (excluding diaryl/α,β-unsaturated/α-hetero) is 1. The molecule has 218 valence electrons. The molecule has 1 aliphatic carbocycles. The number of fused-ring (bicyclic) bond motifs is 2. The fourth-order valence-corrected chi connectivity index (χ4v) is 4.14. The fourth-order valence-electron chi connectivity index (χ4n) is 4.14. The van der Waals surface area contributed by atoms with Gasteiger partial charge >= 0.3 is 17.9 Å². The molecular formula is C26H20N2O14. The minimum Gasteiger partial charge on any atom is -0.504 e. The predicted molar refractivity (Wildman–Crippen MR) is 138 cm³/mol. The number of aliphatic carboxylic acids is 2. The van der Waals surface area contributed by atoms with Crippen LogP contribution in [0.3, 0.4) is 0 Å². The number of hydrogen-bond acceptors (Lipinski definition) is 13. The Kier molecular flexibility index (Phi) is 7.81. The third-order valence-electron chi connectivity index (χ3n) is 6.21. The summed E-state index contributed by atoms with van der Waals surface area (Å²) < 4.78 is 10.2. The number of aromatic hydroxyl groups is 2. The van der Waals surface area contributed by atoms with Crippen molar-refractivity contribution < 1.29 is 63.8 Å². The van der Waals surface area contributed by atoms with E-state index < -0.39 is 112 Å². The average molecular weight is 584 g/mol. The second kappa shape index (κ2) is 11.3. The van der Waals surface area contributed by atoms with Crippen molar-refractivity contribution in [2.75, 3.05) is 6.61 Å². The van der Waals surface area contributed by atoms with Crippen molar-refractivity contribution in [2.45, 2.75) is 18.9 Å². The number of phenols is 2. The van der Waals surface area contributed by atoms with E-state index in [9.17, 15) is 49.2 Å². The van der Waals surface area contributed by atoms with Crippen LogP contribution in [0.1, 0.15) is 28.8 Å². The number of allylic oxidation sites excluding steroid dienone is 3. The number of nitrogens with zero attached hydrogens (tertiary/aromatic N) is 1. The average Bonchev–Trinajstić information content (AvgIpc) is 2.92. The van der Waals surface area contributed by atoms with Crippen LogP contribution in [0.5, 0.6) is 11.5 Å². The number of esters is 1. The van der Waals surface area contributed by atoms with Gasteiger partial charge in [-0.15, -0.1) is 0 Å². The van der Waals surface area contributed by atoms with Crippen LogP contribution < -0.4 is 10.7 Å². The van der Waals surface area contributed by atoms with E-state index >= 15 is 0 Å². The fraction of sp³-hybridized carbons (Fsp3) is 0.192. The van der Waals surface area contributed by atoms with Crippen LogP contribution in [-0.4, -0.2) is 78.6 Å². The Balaban J connectivity index is 1.67. The standard InChI is InChI=1S/C26H20N2O14/c29-14-3-9-13(4-15(14)30)27-6-10(22(9)35)11-7-41-17-5-16(31)24(37)21(20(17)23(11)36)26(40)42-8-18(32)28-12(25(38)39)1-2-19(33)34/h3-7,9,12,29-31,37H,1-2,8H2,(H,28,32)(H,33,34)(H,38,39)/t9?,12-/m0/s1. The van der Waals surface area contributed by atoms with E-state index in [-0.39, 0.29) is 11.3 Å². The largest absolute Gasteiger partial charge is 0.504 e. The number of carbonyl (C=O) groups is 5. The number of benzene rings is 1. The van der Waals surface area contributed by atoms with Gasteiger partial charge in [0.1, 0.15) is 23.5 Å². The van der Waals surface area contributed by atoms with Crippen LogP contribution >= 0.6 is 0 Å².